The Kier molecular flexibility index (Phi) is 11.2. The van der Waals surface area contributed by atoms with Gasteiger partial charge in [0.2, 0.25) is 6.41 Å². The van der Waals surface area contributed by atoms with Gasteiger partial charge in [-0.3, -0.25) is 4.79 Å². The molecule has 0 bridgehead atoms. The number of urea groups is 1. The quantitative estimate of drug-likeness (QED) is 0.356. The summed E-state index contributed by atoms with van der Waals surface area (Å²) in [6.07, 6.45) is 11.3. The van der Waals surface area contributed by atoms with Crippen molar-refractivity contribution in [3.63, 3.8) is 0 Å². The van der Waals surface area contributed by atoms with E-state index >= 15 is 0 Å². The van der Waals surface area contributed by atoms with Gasteiger partial charge in [-0.1, -0.05) is 31.2 Å². The zero-order valence-electron chi connectivity index (χ0n) is 22.3. The van der Waals surface area contributed by atoms with Crippen molar-refractivity contribution in [3.8, 4) is 0 Å². The van der Waals surface area contributed by atoms with Gasteiger partial charge in [0.15, 0.2) is 5.65 Å². The number of pyridine rings is 1. The van der Waals surface area contributed by atoms with Crippen molar-refractivity contribution in [2.75, 3.05) is 25.0 Å². The minimum Gasteiger partial charge on any atom is -0.381 e. The van der Waals surface area contributed by atoms with Gasteiger partial charge >= 0.3 is 6.03 Å². The summed E-state index contributed by atoms with van der Waals surface area (Å²) >= 11 is 0. The monoisotopic (exact) mass is 495 g/mol. The number of likely N-dealkylation sites (tertiary alicyclic amines) is 1. The first-order valence-electron chi connectivity index (χ1n) is 12.6. The summed E-state index contributed by atoms with van der Waals surface area (Å²) in [7, 11) is 0. The fraction of sp³-hybridized carbons (Fsp3) is 0.481. The molecule has 1 aliphatic rings. The highest BCUT2D eigenvalue weighted by Crippen LogP contribution is 2.28. The topological polar surface area (TPSA) is 118 Å². The van der Waals surface area contributed by atoms with Crippen LogP contribution in [0.2, 0.25) is 0 Å². The van der Waals surface area contributed by atoms with E-state index in [1.165, 1.54) is 5.56 Å². The van der Waals surface area contributed by atoms with Gasteiger partial charge in [0, 0.05) is 38.4 Å². The first-order valence-corrected chi connectivity index (χ1v) is 12.6. The zero-order valence-corrected chi connectivity index (χ0v) is 22.3. The van der Waals surface area contributed by atoms with Gasteiger partial charge in [-0.2, -0.15) is 5.10 Å². The van der Waals surface area contributed by atoms with E-state index in [0.29, 0.717) is 32.1 Å². The van der Waals surface area contributed by atoms with Crippen molar-refractivity contribution >= 4 is 29.2 Å². The van der Waals surface area contributed by atoms with Crippen LogP contribution in [0.4, 0.5) is 10.5 Å². The number of carbonyl (C=O) groups excluding carboxylic acids is 2. The molecule has 3 rings (SSSR count). The van der Waals surface area contributed by atoms with Crippen LogP contribution in [-0.4, -0.2) is 57.8 Å². The van der Waals surface area contributed by atoms with Gasteiger partial charge < -0.3 is 21.3 Å². The lowest BCUT2D eigenvalue weighted by Gasteiger charge is -2.32. The van der Waals surface area contributed by atoms with Crippen LogP contribution in [-0.2, 0) is 17.8 Å². The van der Waals surface area contributed by atoms with E-state index in [2.05, 4.69) is 41.1 Å². The van der Waals surface area contributed by atoms with Crippen LogP contribution in [0, 0.1) is 0 Å². The Balaban J connectivity index is 0.000000302. The van der Waals surface area contributed by atoms with Crippen molar-refractivity contribution in [2.24, 2.45) is 5.73 Å². The van der Waals surface area contributed by atoms with Crippen molar-refractivity contribution in [1.82, 2.24) is 25.0 Å². The molecular weight excluding hydrogens is 454 g/mol. The van der Waals surface area contributed by atoms with E-state index in [1.54, 1.807) is 4.90 Å². The van der Waals surface area contributed by atoms with E-state index in [4.69, 9.17) is 5.73 Å². The number of carbonyl (C=O) groups is 2. The van der Waals surface area contributed by atoms with Crippen LogP contribution < -0.4 is 16.4 Å². The number of hydrogen-bond acceptors (Lipinski definition) is 5. The summed E-state index contributed by atoms with van der Waals surface area (Å²) < 4.78 is 1.91. The predicted molar refractivity (Wildman–Crippen MR) is 147 cm³/mol. The second kappa shape index (κ2) is 14.1. The molecule has 2 aromatic rings. The number of allylic oxidation sites excluding steroid dienone is 3. The molecule has 0 unspecified atom stereocenters. The molecule has 0 atom stereocenters. The third-order valence-corrected chi connectivity index (χ3v) is 6.42. The number of fused-ring (bicyclic) bond motifs is 1. The van der Waals surface area contributed by atoms with Crippen molar-refractivity contribution in [2.45, 2.75) is 66.5 Å². The number of primary amides is 1. The highest BCUT2D eigenvalue weighted by Gasteiger charge is 2.23. The number of amides is 3. The molecule has 0 saturated carbocycles. The second-order valence-electron chi connectivity index (χ2n) is 8.92. The van der Waals surface area contributed by atoms with E-state index < -0.39 is 0 Å². The van der Waals surface area contributed by atoms with Gasteiger partial charge in [-0.25, -0.2) is 14.5 Å². The fourth-order valence-corrected chi connectivity index (χ4v) is 3.98. The molecule has 3 heterocycles. The third kappa shape index (κ3) is 7.69. The van der Waals surface area contributed by atoms with Crippen molar-refractivity contribution in [1.29, 1.82) is 0 Å². The molecule has 3 amide bonds. The maximum atomic E-state index is 11.2. The number of aromatic nitrogens is 3. The molecule has 0 aliphatic carbocycles. The number of aryl methyl sites for hydroxylation is 2. The molecule has 2 aromatic heterocycles. The molecule has 0 spiro atoms. The smallest absolute Gasteiger partial charge is 0.314 e. The number of hydrogen-bond donors (Lipinski definition) is 3. The minimum atomic E-state index is -0.326. The molecule has 0 radical (unpaired) electrons. The fourth-order valence-electron chi connectivity index (χ4n) is 3.98. The normalized spacial score (nSPS) is 14.8. The lowest BCUT2D eigenvalue weighted by atomic mass is 10.0. The highest BCUT2D eigenvalue weighted by atomic mass is 16.2. The molecule has 36 heavy (non-hydrogen) atoms. The summed E-state index contributed by atoms with van der Waals surface area (Å²) in [5.74, 6) is 0. The van der Waals surface area contributed by atoms with Gasteiger partial charge in [0.1, 0.15) is 0 Å². The first kappa shape index (κ1) is 28.6. The number of nitrogens with zero attached hydrogens (tertiary/aromatic N) is 4. The molecule has 9 nitrogen and oxygen atoms in total. The van der Waals surface area contributed by atoms with Crippen LogP contribution >= 0.6 is 0 Å². The average molecular weight is 496 g/mol. The Labute approximate surface area is 214 Å². The van der Waals surface area contributed by atoms with E-state index in [-0.39, 0.29) is 6.03 Å². The summed E-state index contributed by atoms with van der Waals surface area (Å²) in [4.78, 5) is 27.6. The van der Waals surface area contributed by atoms with Gasteiger partial charge in [0.05, 0.1) is 17.3 Å². The highest BCUT2D eigenvalue weighted by molar-refractivity contribution is 5.90. The summed E-state index contributed by atoms with van der Waals surface area (Å²) in [6, 6.07) is 0.0136. The standard InChI is InChI=1S/C16H24N6O.C11H17NO/c1-3-11-9-18-15-13(10-19-22(15)4-2)14(11)20-12-5-7-21(8-6-12)16(17)23;1-5-11(7-12-8-13)6-10(4)9(2)3/h9-10,12H,3-8H2,1-2H3,(H2,17,23)(H,18,20);5-6,8H,2,7H2,1,3-4H3,(H,12,13)/b;10-6-,11-5+. The molecule has 1 saturated heterocycles. The second-order valence-corrected chi connectivity index (χ2v) is 8.92. The molecule has 0 aromatic carbocycles. The van der Waals surface area contributed by atoms with E-state index in [1.807, 2.05) is 50.0 Å². The van der Waals surface area contributed by atoms with Crippen molar-refractivity contribution < 1.29 is 9.59 Å². The predicted octanol–water partition coefficient (Wildman–Crippen LogP) is 4.17. The van der Waals surface area contributed by atoms with Crippen LogP contribution in [0.5, 0.6) is 0 Å². The number of rotatable bonds is 9. The SMILES string of the molecule is C=C(C)/C(C)=C\C(=C/C)CNC=O.CCc1cnc2c(cnn2CC)c1NC1CCN(C(N)=O)CC1. The molecule has 4 N–H and O–H groups in total. The summed E-state index contributed by atoms with van der Waals surface area (Å²) in [5, 5.41) is 11.8. The molecule has 1 aliphatic heterocycles. The molecule has 196 valence electrons. The minimum absolute atomic E-state index is 0.326. The summed E-state index contributed by atoms with van der Waals surface area (Å²) in [5.41, 5.74) is 11.9. The first-order chi connectivity index (χ1) is 17.2. The zero-order chi connectivity index (χ0) is 26.7. The molecule has 9 heteroatoms. The Morgan fingerprint density at radius 3 is 2.47 bits per heavy atom. The third-order valence-electron chi connectivity index (χ3n) is 6.42. The Hall–Kier alpha value is -3.62. The lowest BCUT2D eigenvalue weighted by molar-refractivity contribution is -0.109. The van der Waals surface area contributed by atoms with Crippen LogP contribution in [0.3, 0.4) is 0 Å². The number of piperidine rings is 1. The van der Waals surface area contributed by atoms with Crippen molar-refractivity contribution in [3.05, 3.63) is 53.4 Å². The number of nitrogens with two attached hydrogens (primary N) is 1. The van der Waals surface area contributed by atoms with Crippen LogP contribution in [0.1, 0.15) is 53.0 Å². The Bertz CT molecular complexity index is 1110. The largest absolute Gasteiger partial charge is 0.381 e. The van der Waals surface area contributed by atoms with Crippen LogP contribution in [0.15, 0.2) is 47.8 Å². The maximum absolute atomic E-state index is 11.2. The Morgan fingerprint density at radius 2 is 1.94 bits per heavy atom. The number of anilines is 1. The maximum Gasteiger partial charge on any atom is 0.314 e. The van der Waals surface area contributed by atoms with Gasteiger partial charge in [0.25, 0.3) is 0 Å². The average Bonchev–Trinajstić information content (AvgIpc) is 3.30. The molecular formula is C27H41N7O2. The van der Waals surface area contributed by atoms with E-state index in [9.17, 15) is 9.59 Å². The molecule has 1 fully saturated rings. The lowest BCUT2D eigenvalue weighted by Crippen LogP contribution is -2.44. The van der Waals surface area contributed by atoms with E-state index in [0.717, 1.165) is 59.2 Å². The van der Waals surface area contributed by atoms with Gasteiger partial charge in [-0.05, 0) is 63.7 Å². The van der Waals surface area contributed by atoms with Gasteiger partial charge in [-0.15, -0.1) is 0 Å². The number of nitrogens with one attached hydrogen (secondary N) is 2. The Morgan fingerprint density at radius 1 is 1.25 bits per heavy atom. The van der Waals surface area contributed by atoms with Crippen LogP contribution in [0.25, 0.3) is 11.0 Å². The summed E-state index contributed by atoms with van der Waals surface area (Å²) in [6.45, 7) is 16.7.